The van der Waals surface area contributed by atoms with E-state index in [0.717, 1.165) is 10.5 Å². The molecule has 11 nitrogen and oxygen atoms in total. The van der Waals surface area contributed by atoms with Crippen molar-refractivity contribution in [3.8, 4) is 0 Å². The standard InChI is InChI=1S/C18H28N4O7S/c1-12(2)10-14(20-18(25)26)17(24)19-13-6-5-8-21(11-15(13)23)30(28,29)16-7-3-4-9-22(16)27/h3-4,7,9,12-15,20,23H,5-6,8,10-11H2,1-2H3,(H,19,24)(H,25,26). The monoisotopic (exact) mass is 444 g/mol. The summed E-state index contributed by atoms with van der Waals surface area (Å²) in [6, 6.07) is 2.29. The molecule has 168 valence electrons. The molecule has 30 heavy (non-hydrogen) atoms. The summed E-state index contributed by atoms with van der Waals surface area (Å²) in [5.41, 5.74) is 0. The molecule has 1 fully saturated rings. The molecule has 1 aliphatic heterocycles. The van der Waals surface area contributed by atoms with Crippen LogP contribution in [0, 0.1) is 11.1 Å². The molecule has 12 heteroatoms. The molecule has 2 heterocycles. The average molecular weight is 445 g/mol. The van der Waals surface area contributed by atoms with Crippen molar-refractivity contribution in [3.63, 3.8) is 0 Å². The van der Waals surface area contributed by atoms with Gasteiger partial charge in [-0.15, -0.1) is 0 Å². The maximum atomic E-state index is 12.8. The van der Waals surface area contributed by atoms with Crippen molar-refractivity contribution in [1.82, 2.24) is 14.9 Å². The highest BCUT2D eigenvalue weighted by Crippen LogP contribution is 2.19. The lowest BCUT2D eigenvalue weighted by Crippen LogP contribution is -2.54. The molecule has 2 rings (SSSR count). The zero-order valence-corrected chi connectivity index (χ0v) is 17.7. The third-order valence-corrected chi connectivity index (χ3v) is 6.68. The van der Waals surface area contributed by atoms with Crippen molar-refractivity contribution in [2.45, 2.75) is 56.3 Å². The van der Waals surface area contributed by atoms with Gasteiger partial charge in [0.2, 0.25) is 5.91 Å². The van der Waals surface area contributed by atoms with Crippen molar-refractivity contribution < 1.29 is 33.0 Å². The van der Waals surface area contributed by atoms with E-state index in [1.807, 2.05) is 13.8 Å². The van der Waals surface area contributed by atoms with E-state index in [4.69, 9.17) is 5.11 Å². The molecule has 0 saturated carbocycles. The summed E-state index contributed by atoms with van der Waals surface area (Å²) in [5, 5.41) is 35.8. The number of sulfonamides is 1. The lowest BCUT2D eigenvalue weighted by atomic mass is 10.0. The molecule has 0 radical (unpaired) electrons. The van der Waals surface area contributed by atoms with Gasteiger partial charge in [-0.1, -0.05) is 13.8 Å². The highest BCUT2D eigenvalue weighted by Gasteiger charge is 2.37. The summed E-state index contributed by atoms with van der Waals surface area (Å²) in [6.07, 6.45) is -0.559. The molecular weight excluding hydrogens is 416 g/mol. The van der Waals surface area contributed by atoms with Crippen LogP contribution in [0.1, 0.15) is 33.1 Å². The van der Waals surface area contributed by atoms with Crippen LogP contribution in [0.4, 0.5) is 4.79 Å². The first kappa shape index (κ1) is 23.8. The largest absolute Gasteiger partial charge is 0.618 e. The minimum Gasteiger partial charge on any atom is -0.618 e. The van der Waals surface area contributed by atoms with Crippen LogP contribution in [0.25, 0.3) is 0 Å². The van der Waals surface area contributed by atoms with Crippen molar-refractivity contribution in [1.29, 1.82) is 0 Å². The molecule has 3 atom stereocenters. The Hall–Kier alpha value is -2.44. The molecule has 1 aromatic rings. The predicted molar refractivity (Wildman–Crippen MR) is 106 cm³/mol. The number of amides is 2. The molecule has 3 unspecified atom stereocenters. The number of pyridine rings is 1. The quantitative estimate of drug-likeness (QED) is 0.329. The second kappa shape index (κ2) is 10.0. The van der Waals surface area contributed by atoms with E-state index in [0.29, 0.717) is 12.8 Å². The lowest BCUT2D eigenvalue weighted by molar-refractivity contribution is -0.646. The van der Waals surface area contributed by atoms with Gasteiger partial charge >= 0.3 is 21.1 Å². The zero-order chi connectivity index (χ0) is 22.5. The van der Waals surface area contributed by atoms with E-state index in [-0.39, 0.29) is 30.2 Å². The van der Waals surface area contributed by atoms with Crippen LogP contribution in [-0.2, 0) is 14.8 Å². The number of aromatic nitrogens is 1. The lowest BCUT2D eigenvalue weighted by Gasteiger charge is -2.26. The van der Waals surface area contributed by atoms with Crippen LogP contribution in [-0.4, -0.2) is 66.2 Å². The smallest absolute Gasteiger partial charge is 0.405 e. The number of hydrogen-bond acceptors (Lipinski definition) is 6. The summed E-state index contributed by atoms with van der Waals surface area (Å²) < 4.78 is 26.9. The van der Waals surface area contributed by atoms with Crippen molar-refractivity contribution in [2.24, 2.45) is 5.92 Å². The van der Waals surface area contributed by atoms with Gasteiger partial charge in [0.25, 0.3) is 0 Å². The SMILES string of the molecule is CC(C)CC(NC(=O)O)C(=O)NC1CCCN(S(=O)(=O)c2cccc[n+]2[O-])CC1O. The topological polar surface area (TPSA) is 163 Å². The normalized spacial score (nSPS) is 21.6. The van der Waals surface area contributed by atoms with E-state index in [1.54, 1.807) is 0 Å². The van der Waals surface area contributed by atoms with E-state index in [1.165, 1.54) is 18.2 Å². The fourth-order valence-corrected chi connectivity index (χ4v) is 4.90. The van der Waals surface area contributed by atoms with Gasteiger partial charge in [0, 0.05) is 25.2 Å². The van der Waals surface area contributed by atoms with E-state index in [2.05, 4.69) is 10.6 Å². The molecule has 1 saturated heterocycles. The van der Waals surface area contributed by atoms with E-state index >= 15 is 0 Å². The van der Waals surface area contributed by atoms with Gasteiger partial charge in [0.05, 0.1) is 12.1 Å². The minimum atomic E-state index is -4.13. The van der Waals surface area contributed by atoms with Crippen LogP contribution in [0.2, 0.25) is 0 Å². The van der Waals surface area contributed by atoms with Crippen LogP contribution in [0.3, 0.4) is 0 Å². The highest BCUT2D eigenvalue weighted by molar-refractivity contribution is 7.88. The van der Waals surface area contributed by atoms with Gasteiger partial charge in [0.15, 0.2) is 6.20 Å². The summed E-state index contributed by atoms with van der Waals surface area (Å²) in [6.45, 7) is 3.46. The van der Waals surface area contributed by atoms with E-state index in [9.17, 15) is 28.3 Å². The molecule has 0 spiro atoms. The number of carbonyl (C=O) groups excluding carboxylic acids is 1. The maximum Gasteiger partial charge on any atom is 0.405 e. The first-order valence-corrected chi connectivity index (χ1v) is 11.1. The van der Waals surface area contributed by atoms with Gasteiger partial charge in [-0.3, -0.25) is 4.79 Å². The van der Waals surface area contributed by atoms with Gasteiger partial charge in [-0.05, 0) is 31.2 Å². The molecule has 2 amide bonds. The second-order valence-electron chi connectivity index (χ2n) is 7.68. The van der Waals surface area contributed by atoms with Crippen molar-refractivity contribution in [2.75, 3.05) is 13.1 Å². The Bertz CT molecular complexity index is 862. The molecular formula is C18H28N4O7S. The number of nitrogens with zero attached hydrogens (tertiary/aromatic N) is 2. The molecule has 0 aliphatic carbocycles. The number of nitrogens with one attached hydrogen (secondary N) is 2. The van der Waals surface area contributed by atoms with Gasteiger partial charge < -0.3 is 26.1 Å². The number of β-amino-alcohol motifs (C(OH)–C–C–N with tert-alkyl or cyclic N) is 1. The third-order valence-electron chi connectivity index (χ3n) is 4.82. The molecule has 0 aromatic carbocycles. The van der Waals surface area contributed by atoms with Crippen molar-refractivity contribution in [3.05, 3.63) is 29.6 Å². The third kappa shape index (κ3) is 6.03. The first-order chi connectivity index (χ1) is 14.0. The Balaban J connectivity index is 2.11. The molecule has 0 bridgehead atoms. The fraction of sp³-hybridized carbons (Fsp3) is 0.611. The minimum absolute atomic E-state index is 0.0527. The van der Waals surface area contributed by atoms with Crippen molar-refractivity contribution >= 4 is 22.0 Å². The summed E-state index contributed by atoms with van der Waals surface area (Å²) in [5.74, 6) is -0.524. The number of hydrogen-bond donors (Lipinski definition) is 4. The summed E-state index contributed by atoms with van der Waals surface area (Å²) >= 11 is 0. The van der Waals surface area contributed by atoms with E-state index < -0.39 is 45.2 Å². The van der Waals surface area contributed by atoms with Gasteiger partial charge in [-0.2, -0.15) is 9.04 Å². The van der Waals surface area contributed by atoms with Gasteiger partial charge in [0.1, 0.15) is 6.04 Å². The molecule has 1 aliphatic rings. The second-order valence-corrected chi connectivity index (χ2v) is 9.57. The number of aliphatic hydroxyl groups excluding tert-OH is 1. The number of carboxylic acid groups (broad SMARTS) is 1. The number of rotatable bonds is 7. The molecule has 4 N–H and O–H groups in total. The number of aliphatic hydroxyl groups is 1. The van der Waals surface area contributed by atoms with Crippen LogP contribution in [0.15, 0.2) is 29.4 Å². The fourth-order valence-electron chi connectivity index (χ4n) is 3.37. The maximum absolute atomic E-state index is 12.8. The molecule has 1 aromatic heterocycles. The Labute approximate surface area is 175 Å². The zero-order valence-electron chi connectivity index (χ0n) is 16.9. The summed E-state index contributed by atoms with van der Waals surface area (Å²) in [7, 11) is -4.13. The van der Waals surface area contributed by atoms with Crippen LogP contribution < -0.4 is 15.4 Å². The Kier molecular flexibility index (Phi) is 7.98. The first-order valence-electron chi connectivity index (χ1n) is 9.68. The van der Waals surface area contributed by atoms with Crippen LogP contribution >= 0.6 is 0 Å². The predicted octanol–water partition coefficient (Wildman–Crippen LogP) is -0.367. The average Bonchev–Trinajstić information content (AvgIpc) is 2.83. The summed E-state index contributed by atoms with van der Waals surface area (Å²) in [4.78, 5) is 23.5. The Morgan fingerprint density at radius 1 is 1.37 bits per heavy atom. The van der Waals surface area contributed by atoms with Crippen LogP contribution in [0.5, 0.6) is 0 Å². The van der Waals surface area contributed by atoms with Gasteiger partial charge in [-0.25, -0.2) is 13.2 Å². The number of carbonyl (C=O) groups is 2. The Morgan fingerprint density at radius 3 is 2.67 bits per heavy atom. The Morgan fingerprint density at radius 2 is 2.07 bits per heavy atom. The highest BCUT2D eigenvalue weighted by atomic mass is 32.2.